The van der Waals surface area contributed by atoms with Gasteiger partial charge in [-0.15, -0.1) is 16.9 Å². The fourth-order valence-corrected chi connectivity index (χ4v) is 4.71. The number of carbonyl (C=O) groups is 2. The Morgan fingerprint density at radius 2 is 2.30 bits per heavy atom. The van der Waals surface area contributed by atoms with Crippen LogP contribution in [0.25, 0.3) is 0 Å². The SMILES string of the molecule is CC1(C)S[C@H]2C(NC(=O)c3ncc[nH]3)C(=O)N2C1c1nnn[nH]1. The summed E-state index contributed by atoms with van der Waals surface area (Å²) < 4.78 is -0.272. The lowest BCUT2D eigenvalue weighted by Gasteiger charge is -2.44. The maximum atomic E-state index is 12.5. The van der Waals surface area contributed by atoms with Crippen molar-refractivity contribution in [1.29, 1.82) is 0 Å². The number of aromatic nitrogens is 6. The second-order valence-electron chi connectivity index (χ2n) is 5.94. The van der Waals surface area contributed by atoms with Crippen molar-refractivity contribution in [3.63, 3.8) is 0 Å². The summed E-state index contributed by atoms with van der Waals surface area (Å²) in [5, 5.41) is 16.5. The summed E-state index contributed by atoms with van der Waals surface area (Å²) >= 11 is 1.62. The van der Waals surface area contributed by atoms with Gasteiger partial charge in [-0.2, -0.15) is 0 Å². The van der Waals surface area contributed by atoms with Crippen LogP contribution in [0.4, 0.5) is 0 Å². The zero-order chi connectivity index (χ0) is 16.2. The highest BCUT2D eigenvalue weighted by Crippen LogP contribution is 2.56. The highest BCUT2D eigenvalue weighted by Gasteiger charge is 2.63. The first kappa shape index (κ1) is 14.2. The predicted octanol–water partition coefficient (Wildman–Crippen LogP) is -0.544. The molecular formula is C12H14N8O2S. The van der Waals surface area contributed by atoms with Crippen LogP contribution in [-0.4, -0.2) is 63.5 Å². The van der Waals surface area contributed by atoms with Crippen LogP contribution < -0.4 is 5.32 Å². The van der Waals surface area contributed by atoms with Crippen LogP contribution in [0.15, 0.2) is 12.4 Å². The molecule has 0 saturated carbocycles. The highest BCUT2D eigenvalue weighted by molar-refractivity contribution is 8.01. The molecule has 0 aliphatic carbocycles. The molecule has 2 aromatic rings. The van der Waals surface area contributed by atoms with E-state index < -0.39 is 11.9 Å². The van der Waals surface area contributed by atoms with Crippen molar-refractivity contribution in [3.05, 3.63) is 24.0 Å². The lowest BCUT2D eigenvalue weighted by Crippen LogP contribution is -2.67. The first-order chi connectivity index (χ1) is 11.0. The number of hydrogen-bond donors (Lipinski definition) is 3. The number of amides is 2. The number of nitrogens with one attached hydrogen (secondary N) is 3. The van der Waals surface area contributed by atoms with Gasteiger partial charge in [-0.05, 0) is 24.3 Å². The summed E-state index contributed by atoms with van der Waals surface area (Å²) in [4.78, 5) is 33.0. The van der Waals surface area contributed by atoms with Crippen molar-refractivity contribution in [2.45, 2.75) is 36.1 Å². The molecule has 4 heterocycles. The minimum absolute atomic E-state index is 0.144. The van der Waals surface area contributed by atoms with Crippen LogP contribution in [0.3, 0.4) is 0 Å². The molecule has 23 heavy (non-hydrogen) atoms. The maximum absolute atomic E-state index is 12.5. The van der Waals surface area contributed by atoms with Gasteiger partial charge < -0.3 is 15.2 Å². The van der Waals surface area contributed by atoms with Crippen LogP contribution in [0.2, 0.25) is 0 Å². The minimum atomic E-state index is -0.572. The van der Waals surface area contributed by atoms with E-state index in [4.69, 9.17) is 0 Å². The van der Waals surface area contributed by atoms with Gasteiger partial charge in [-0.1, -0.05) is 0 Å². The molecule has 120 valence electrons. The van der Waals surface area contributed by atoms with Crippen LogP contribution >= 0.6 is 11.8 Å². The van der Waals surface area contributed by atoms with Crippen LogP contribution in [0.1, 0.15) is 36.3 Å². The van der Waals surface area contributed by atoms with E-state index in [2.05, 4.69) is 35.9 Å². The number of carbonyl (C=O) groups excluding carboxylic acids is 2. The first-order valence-corrected chi connectivity index (χ1v) is 7.91. The van der Waals surface area contributed by atoms with E-state index in [9.17, 15) is 9.59 Å². The van der Waals surface area contributed by atoms with Gasteiger partial charge in [0.05, 0.1) is 0 Å². The number of nitrogens with zero attached hydrogens (tertiary/aromatic N) is 5. The molecule has 2 saturated heterocycles. The molecule has 11 heteroatoms. The molecule has 3 atom stereocenters. The van der Waals surface area contributed by atoms with E-state index in [0.717, 1.165) is 0 Å². The average molecular weight is 334 g/mol. The van der Waals surface area contributed by atoms with Gasteiger partial charge in [-0.3, -0.25) is 9.59 Å². The number of tetrazole rings is 1. The third-order valence-corrected chi connectivity index (χ3v) is 5.63. The summed E-state index contributed by atoms with van der Waals surface area (Å²) in [5.74, 6) is 0.203. The molecule has 4 rings (SSSR count). The normalized spacial score (nSPS) is 28.3. The first-order valence-electron chi connectivity index (χ1n) is 7.03. The van der Waals surface area contributed by atoms with E-state index in [1.807, 2.05) is 13.8 Å². The van der Waals surface area contributed by atoms with Gasteiger partial charge in [0.15, 0.2) is 11.6 Å². The van der Waals surface area contributed by atoms with Crippen LogP contribution in [0.5, 0.6) is 0 Å². The summed E-state index contributed by atoms with van der Waals surface area (Å²) in [5.41, 5.74) is 0. The van der Waals surface area contributed by atoms with Gasteiger partial charge in [0.25, 0.3) is 5.91 Å². The molecule has 2 amide bonds. The maximum Gasteiger partial charge on any atom is 0.287 e. The highest BCUT2D eigenvalue weighted by atomic mass is 32.2. The number of rotatable bonds is 3. The zero-order valence-electron chi connectivity index (χ0n) is 12.3. The topological polar surface area (TPSA) is 133 Å². The number of imidazole rings is 1. The number of thioether (sulfide) groups is 1. The molecule has 0 aromatic carbocycles. The fourth-order valence-electron chi connectivity index (χ4n) is 3.07. The lowest BCUT2D eigenvalue weighted by molar-refractivity contribution is -0.148. The molecule has 10 nitrogen and oxygen atoms in total. The van der Waals surface area contributed by atoms with Crippen molar-refractivity contribution in [3.8, 4) is 0 Å². The van der Waals surface area contributed by atoms with E-state index in [1.54, 1.807) is 22.9 Å². The monoisotopic (exact) mass is 334 g/mol. The molecule has 0 bridgehead atoms. The van der Waals surface area contributed by atoms with Gasteiger partial charge >= 0.3 is 0 Å². The van der Waals surface area contributed by atoms with Gasteiger partial charge in [0.2, 0.25) is 5.91 Å². The van der Waals surface area contributed by atoms with Crippen molar-refractivity contribution < 1.29 is 9.59 Å². The third kappa shape index (κ3) is 2.03. The molecule has 2 aliphatic rings. The minimum Gasteiger partial charge on any atom is -0.341 e. The number of fused-ring (bicyclic) bond motifs is 1. The second kappa shape index (κ2) is 4.78. The summed E-state index contributed by atoms with van der Waals surface area (Å²) in [6, 6.07) is -0.825. The van der Waals surface area contributed by atoms with Crippen LogP contribution in [0, 0.1) is 0 Å². The number of aromatic amines is 2. The smallest absolute Gasteiger partial charge is 0.287 e. The number of H-pyrrole nitrogens is 2. The lowest BCUT2D eigenvalue weighted by atomic mass is 9.95. The van der Waals surface area contributed by atoms with E-state index in [1.165, 1.54) is 6.20 Å². The standard InChI is InChI=1S/C12H14N8O2S/c1-12(2)6(7-16-18-19-17-7)20-10(22)5(11(20)23-12)15-9(21)8-13-3-4-14-8/h3-6,11H,1-2H3,(H,13,14)(H,15,21)(H,16,17,18,19)/t5?,6?,11-/m0/s1. The summed E-state index contributed by atoms with van der Waals surface area (Å²) in [6.07, 6.45) is 3.05. The number of β-lactam (4-membered cyclic amide) rings is 1. The largest absolute Gasteiger partial charge is 0.341 e. The molecular weight excluding hydrogens is 320 g/mol. The van der Waals surface area contributed by atoms with Crippen molar-refractivity contribution in [2.75, 3.05) is 0 Å². The Morgan fingerprint density at radius 3 is 2.96 bits per heavy atom. The Bertz CT molecular complexity index is 743. The molecule has 2 unspecified atom stereocenters. The molecule has 3 N–H and O–H groups in total. The Hall–Kier alpha value is -2.43. The van der Waals surface area contributed by atoms with Crippen molar-refractivity contribution in [2.24, 2.45) is 0 Å². The van der Waals surface area contributed by atoms with E-state index in [0.29, 0.717) is 5.82 Å². The summed E-state index contributed by atoms with van der Waals surface area (Å²) in [6.45, 7) is 4.06. The second-order valence-corrected chi connectivity index (χ2v) is 7.71. The van der Waals surface area contributed by atoms with Gasteiger partial charge in [0, 0.05) is 17.1 Å². The van der Waals surface area contributed by atoms with E-state index >= 15 is 0 Å². The molecule has 2 aromatic heterocycles. The average Bonchev–Trinajstić information content (AvgIpc) is 3.23. The zero-order valence-corrected chi connectivity index (χ0v) is 13.2. The Morgan fingerprint density at radius 1 is 1.48 bits per heavy atom. The fraction of sp³-hybridized carbons (Fsp3) is 0.500. The van der Waals surface area contributed by atoms with Crippen molar-refractivity contribution >= 4 is 23.6 Å². The Labute approximate surface area is 134 Å². The molecule has 0 radical (unpaired) electrons. The Balaban J connectivity index is 1.55. The predicted molar refractivity (Wildman–Crippen MR) is 79.1 cm³/mol. The quantitative estimate of drug-likeness (QED) is 0.642. The third-order valence-electron chi connectivity index (χ3n) is 4.06. The van der Waals surface area contributed by atoms with Gasteiger partial charge in [0.1, 0.15) is 17.5 Å². The van der Waals surface area contributed by atoms with Gasteiger partial charge in [-0.25, -0.2) is 10.1 Å². The molecule has 2 fully saturated rings. The summed E-state index contributed by atoms with van der Waals surface area (Å²) in [7, 11) is 0. The van der Waals surface area contributed by atoms with E-state index in [-0.39, 0.29) is 27.9 Å². The van der Waals surface area contributed by atoms with Crippen molar-refractivity contribution in [1.82, 2.24) is 40.8 Å². The molecule has 2 aliphatic heterocycles. The Kier molecular flexibility index (Phi) is 2.95. The van der Waals surface area contributed by atoms with Crippen LogP contribution in [-0.2, 0) is 4.79 Å². The number of hydrogen-bond acceptors (Lipinski definition) is 7. The molecule has 0 spiro atoms.